The normalized spacial score (nSPS) is 12.8. The first-order valence-corrected chi connectivity index (χ1v) is 14.5. The van der Waals surface area contributed by atoms with Crippen molar-refractivity contribution in [2.45, 2.75) is 38.0 Å². The number of aryl methyl sites for hydroxylation is 2. The monoisotopic (exact) mass is 608 g/mol. The van der Waals surface area contributed by atoms with Crippen LogP contribution in [0.25, 0.3) is 5.57 Å². The molecule has 43 heavy (non-hydrogen) atoms. The van der Waals surface area contributed by atoms with E-state index in [1.54, 1.807) is 0 Å². The van der Waals surface area contributed by atoms with E-state index in [2.05, 4.69) is 65.2 Å². The second kappa shape index (κ2) is 16.9. The van der Waals surface area contributed by atoms with E-state index in [4.69, 9.17) is 4.74 Å². The van der Waals surface area contributed by atoms with Crippen molar-refractivity contribution in [2.75, 3.05) is 27.2 Å². The number of fused-ring (bicyclic) bond motifs is 2. The molecular formula is C36H40ClF3N2O. The van der Waals surface area contributed by atoms with Crippen LogP contribution in [-0.4, -0.2) is 27.2 Å². The van der Waals surface area contributed by atoms with Gasteiger partial charge in [-0.15, -0.1) is 12.4 Å². The maximum absolute atomic E-state index is 12.6. The standard InChI is InChI=1S/C19H21N.C17H18F3NO.ClH/c1-20-14-6-11-19-17-9-4-2-7-15(17)12-13-16-8-3-5-10-18(16)19;1-21-12-11-16(13-5-3-2-4-6-13)22-15-9-7-14(8-10-15)17(18,19)20;/h2-5,7-11,20H,6,12-14H2,1H3;2-10,16,21H,11-12H2,1H3;1H. The van der Waals surface area contributed by atoms with Gasteiger partial charge < -0.3 is 15.4 Å². The van der Waals surface area contributed by atoms with Gasteiger partial charge in [0.05, 0.1) is 5.56 Å². The number of alkyl halides is 3. The van der Waals surface area contributed by atoms with Crippen molar-refractivity contribution in [3.8, 4) is 5.75 Å². The third-order valence-corrected chi connectivity index (χ3v) is 7.31. The Bertz CT molecular complexity index is 1370. The lowest BCUT2D eigenvalue weighted by Gasteiger charge is -2.20. The zero-order valence-electron chi connectivity index (χ0n) is 24.7. The van der Waals surface area contributed by atoms with Crippen LogP contribution in [-0.2, 0) is 19.0 Å². The zero-order valence-corrected chi connectivity index (χ0v) is 25.5. The average molecular weight is 609 g/mol. The molecule has 5 rings (SSSR count). The minimum Gasteiger partial charge on any atom is -0.486 e. The molecule has 0 aliphatic heterocycles. The molecule has 4 aromatic rings. The number of benzene rings is 4. The van der Waals surface area contributed by atoms with Crippen LogP contribution in [0.5, 0.6) is 5.75 Å². The summed E-state index contributed by atoms with van der Waals surface area (Å²) in [6.45, 7) is 1.77. The number of nitrogens with one attached hydrogen (secondary N) is 2. The van der Waals surface area contributed by atoms with Crippen LogP contribution >= 0.6 is 12.4 Å². The van der Waals surface area contributed by atoms with Crippen LogP contribution in [0.15, 0.2) is 109 Å². The Hall–Kier alpha value is -3.58. The molecule has 228 valence electrons. The minimum absolute atomic E-state index is 0. The molecule has 4 aromatic carbocycles. The van der Waals surface area contributed by atoms with E-state index in [0.29, 0.717) is 5.75 Å². The van der Waals surface area contributed by atoms with Gasteiger partial charge in [0.2, 0.25) is 0 Å². The molecule has 1 unspecified atom stereocenters. The third-order valence-electron chi connectivity index (χ3n) is 7.31. The maximum Gasteiger partial charge on any atom is 0.416 e. The van der Waals surface area contributed by atoms with Crippen LogP contribution in [0.3, 0.4) is 0 Å². The number of hydrogen-bond donors (Lipinski definition) is 2. The molecule has 1 aliphatic rings. The summed E-state index contributed by atoms with van der Waals surface area (Å²) in [5, 5.41) is 6.28. The highest BCUT2D eigenvalue weighted by Gasteiger charge is 2.30. The lowest BCUT2D eigenvalue weighted by molar-refractivity contribution is -0.137. The molecule has 0 spiro atoms. The lowest BCUT2D eigenvalue weighted by Crippen LogP contribution is -2.16. The summed E-state index contributed by atoms with van der Waals surface area (Å²) in [5.41, 5.74) is 7.49. The fraction of sp³-hybridized carbons (Fsp3) is 0.278. The molecule has 3 nitrogen and oxygen atoms in total. The Kier molecular flexibility index (Phi) is 13.3. The average Bonchev–Trinajstić information content (AvgIpc) is 3.17. The summed E-state index contributed by atoms with van der Waals surface area (Å²) < 4.78 is 43.6. The molecule has 0 fully saturated rings. The first-order valence-electron chi connectivity index (χ1n) is 14.5. The predicted octanol–water partition coefficient (Wildman–Crippen LogP) is 8.68. The molecule has 0 bridgehead atoms. The Morgan fingerprint density at radius 1 is 0.721 bits per heavy atom. The second-order valence-corrected chi connectivity index (χ2v) is 10.3. The lowest BCUT2D eigenvalue weighted by atomic mass is 9.93. The molecule has 0 amide bonds. The minimum atomic E-state index is -4.33. The van der Waals surface area contributed by atoms with Gasteiger partial charge in [-0.2, -0.15) is 13.2 Å². The summed E-state index contributed by atoms with van der Waals surface area (Å²) in [4.78, 5) is 0. The smallest absolute Gasteiger partial charge is 0.416 e. The molecule has 0 heterocycles. The highest BCUT2D eigenvalue weighted by molar-refractivity contribution is 5.85. The van der Waals surface area contributed by atoms with Crippen molar-refractivity contribution in [2.24, 2.45) is 0 Å². The number of halogens is 4. The van der Waals surface area contributed by atoms with Crippen LogP contribution < -0.4 is 15.4 Å². The van der Waals surface area contributed by atoms with Gasteiger partial charge in [-0.3, -0.25) is 0 Å². The predicted molar refractivity (Wildman–Crippen MR) is 173 cm³/mol. The van der Waals surface area contributed by atoms with E-state index in [1.807, 2.05) is 44.4 Å². The SMILES string of the molecule is CNCCC(Oc1ccc(C(F)(F)F)cc1)c1ccccc1.CNCCC=C1c2ccccc2CCc2ccccc21.Cl. The van der Waals surface area contributed by atoms with Crippen LogP contribution in [0.2, 0.25) is 0 Å². The van der Waals surface area contributed by atoms with Gasteiger partial charge in [0.15, 0.2) is 0 Å². The molecular weight excluding hydrogens is 569 g/mol. The molecule has 7 heteroatoms. The van der Waals surface area contributed by atoms with Crippen molar-refractivity contribution in [1.29, 1.82) is 0 Å². The third kappa shape index (κ3) is 9.72. The molecule has 1 atom stereocenters. The number of rotatable bonds is 9. The van der Waals surface area contributed by atoms with Crippen molar-refractivity contribution < 1.29 is 17.9 Å². The molecule has 0 saturated heterocycles. The van der Waals surface area contributed by atoms with Gasteiger partial charge in [0.25, 0.3) is 0 Å². The number of ether oxygens (including phenoxy) is 1. The van der Waals surface area contributed by atoms with Gasteiger partial charge in [0, 0.05) is 6.42 Å². The van der Waals surface area contributed by atoms with E-state index in [-0.39, 0.29) is 18.5 Å². The van der Waals surface area contributed by atoms with Crippen molar-refractivity contribution in [3.63, 3.8) is 0 Å². The van der Waals surface area contributed by atoms with Crippen LogP contribution in [0.4, 0.5) is 13.2 Å². The second-order valence-electron chi connectivity index (χ2n) is 10.3. The highest BCUT2D eigenvalue weighted by atomic mass is 35.5. The first-order chi connectivity index (χ1) is 20.4. The highest BCUT2D eigenvalue weighted by Crippen LogP contribution is 2.34. The molecule has 0 radical (unpaired) electrons. The Labute approximate surface area is 259 Å². The summed E-state index contributed by atoms with van der Waals surface area (Å²) in [6, 6.07) is 32.1. The number of hydrogen-bond acceptors (Lipinski definition) is 3. The van der Waals surface area contributed by atoms with Crippen LogP contribution in [0.1, 0.15) is 52.3 Å². The summed E-state index contributed by atoms with van der Waals surface area (Å²) in [5.74, 6) is 0.429. The Morgan fingerprint density at radius 3 is 1.79 bits per heavy atom. The summed E-state index contributed by atoms with van der Waals surface area (Å²) in [6.07, 6.45) is 1.91. The quantitative estimate of drug-likeness (QED) is 0.187. The maximum atomic E-state index is 12.6. The van der Waals surface area contributed by atoms with Gasteiger partial charge in [-0.05, 0) is 104 Å². The Balaban J connectivity index is 0.000000231. The first kappa shape index (κ1) is 33.9. The summed E-state index contributed by atoms with van der Waals surface area (Å²) >= 11 is 0. The molecule has 0 aromatic heterocycles. The molecule has 1 aliphatic carbocycles. The van der Waals surface area contributed by atoms with Crippen molar-refractivity contribution in [3.05, 3.63) is 143 Å². The van der Waals surface area contributed by atoms with E-state index < -0.39 is 11.7 Å². The van der Waals surface area contributed by atoms with Crippen LogP contribution in [0, 0.1) is 0 Å². The van der Waals surface area contributed by atoms with Gasteiger partial charge in [0.1, 0.15) is 11.9 Å². The fourth-order valence-corrected chi connectivity index (χ4v) is 5.12. The fourth-order valence-electron chi connectivity index (χ4n) is 5.12. The van der Waals surface area contributed by atoms with E-state index in [1.165, 1.54) is 40.0 Å². The topological polar surface area (TPSA) is 33.3 Å². The summed E-state index contributed by atoms with van der Waals surface area (Å²) in [7, 11) is 3.85. The van der Waals surface area contributed by atoms with E-state index in [0.717, 1.165) is 56.5 Å². The van der Waals surface area contributed by atoms with Crippen molar-refractivity contribution in [1.82, 2.24) is 10.6 Å². The Morgan fingerprint density at radius 2 is 1.26 bits per heavy atom. The molecule has 2 N–H and O–H groups in total. The van der Waals surface area contributed by atoms with Crippen molar-refractivity contribution >= 4 is 18.0 Å². The molecule has 0 saturated carbocycles. The van der Waals surface area contributed by atoms with E-state index in [9.17, 15) is 13.2 Å². The van der Waals surface area contributed by atoms with Gasteiger partial charge in [-0.1, -0.05) is 84.9 Å². The van der Waals surface area contributed by atoms with Gasteiger partial charge >= 0.3 is 6.18 Å². The van der Waals surface area contributed by atoms with Gasteiger partial charge in [-0.25, -0.2) is 0 Å². The largest absolute Gasteiger partial charge is 0.486 e. The zero-order chi connectivity index (χ0) is 29.8. The van der Waals surface area contributed by atoms with E-state index >= 15 is 0 Å².